The van der Waals surface area contributed by atoms with Crippen LogP contribution in [0.15, 0.2) is 0 Å². The topological polar surface area (TPSA) is 32.3 Å². The fourth-order valence-corrected chi connectivity index (χ4v) is 2.09. The first-order valence-electron chi connectivity index (χ1n) is 5.90. The van der Waals surface area contributed by atoms with Gasteiger partial charge in [0, 0.05) is 12.1 Å². The number of carbonyl (C=O) groups is 1. The molecule has 3 nitrogen and oxygen atoms in total. The largest absolute Gasteiger partial charge is 0.350 e. The molecule has 0 aromatic carbocycles. The number of amides is 1. The molecule has 1 saturated heterocycles. The molecule has 1 amide bonds. The van der Waals surface area contributed by atoms with Crippen LogP contribution in [0.3, 0.4) is 0 Å². The van der Waals surface area contributed by atoms with Crippen molar-refractivity contribution in [1.29, 1.82) is 0 Å². The molecule has 0 radical (unpaired) electrons. The average molecular weight is 212 g/mol. The summed E-state index contributed by atoms with van der Waals surface area (Å²) in [6.45, 7) is 11.0. The Hall–Kier alpha value is -0.570. The molecule has 0 aliphatic carbocycles. The van der Waals surface area contributed by atoms with Crippen LogP contribution in [-0.2, 0) is 4.79 Å². The van der Waals surface area contributed by atoms with E-state index in [9.17, 15) is 4.79 Å². The van der Waals surface area contributed by atoms with Gasteiger partial charge in [-0.15, -0.1) is 0 Å². The lowest BCUT2D eigenvalue weighted by Crippen LogP contribution is -2.47. The second kappa shape index (κ2) is 4.97. The van der Waals surface area contributed by atoms with Crippen molar-refractivity contribution in [3.8, 4) is 0 Å². The number of rotatable bonds is 2. The van der Waals surface area contributed by atoms with Crippen LogP contribution in [0.1, 0.15) is 40.5 Å². The maximum Gasteiger partial charge on any atom is 0.234 e. The minimum absolute atomic E-state index is 0.113. The second-order valence-corrected chi connectivity index (χ2v) is 5.78. The van der Waals surface area contributed by atoms with E-state index in [0.717, 1.165) is 19.0 Å². The molecule has 15 heavy (non-hydrogen) atoms. The molecule has 0 spiro atoms. The van der Waals surface area contributed by atoms with Gasteiger partial charge in [-0.3, -0.25) is 9.69 Å². The number of piperidine rings is 1. The third-order valence-corrected chi connectivity index (χ3v) is 2.62. The predicted octanol–water partition coefficient (Wildman–Crippen LogP) is 1.63. The number of hydrogen-bond donors (Lipinski definition) is 1. The van der Waals surface area contributed by atoms with Gasteiger partial charge in [-0.05, 0) is 46.1 Å². The zero-order valence-electron chi connectivity index (χ0n) is 10.5. The highest BCUT2D eigenvalue weighted by Gasteiger charge is 2.20. The molecule has 1 N–H and O–H groups in total. The molecule has 1 rings (SSSR count). The Balaban J connectivity index is 2.31. The summed E-state index contributed by atoms with van der Waals surface area (Å²) in [5.41, 5.74) is -0.113. The smallest absolute Gasteiger partial charge is 0.234 e. The zero-order chi connectivity index (χ0) is 11.5. The molecular weight excluding hydrogens is 188 g/mol. The molecule has 0 aromatic heterocycles. The van der Waals surface area contributed by atoms with Crippen molar-refractivity contribution < 1.29 is 4.79 Å². The van der Waals surface area contributed by atoms with Crippen LogP contribution >= 0.6 is 0 Å². The molecule has 1 aliphatic rings. The van der Waals surface area contributed by atoms with E-state index in [1.807, 2.05) is 20.8 Å². The average Bonchev–Trinajstić information content (AvgIpc) is 1.99. The van der Waals surface area contributed by atoms with E-state index in [1.54, 1.807) is 0 Å². The van der Waals surface area contributed by atoms with Crippen LogP contribution in [0.2, 0.25) is 0 Å². The van der Waals surface area contributed by atoms with Crippen LogP contribution in [0.4, 0.5) is 0 Å². The van der Waals surface area contributed by atoms with Crippen molar-refractivity contribution in [2.45, 2.75) is 46.1 Å². The number of likely N-dealkylation sites (tertiary alicyclic amines) is 1. The second-order valence-electron chi connectivity index (χ2n) is 5.78. The Morgan fingerprint density at radius 1 is 1.47 bits per heavy atom. The van der Waals surface area contributed by atoms with Crippen molar-refractivity contribution in [2.75, 3.05) is 19.6 Å². The van der Waals surface area contributed by atoms with Gasteiger partial charge >= 0.3 is 0 Å². The highest BCUT2D eigenvalue weighted by molar-refractivity contribution is 5.78. The zero-order valence-corrected chi connectivity index (χ0v) is 10.5. The SMILES string of the molecule is CC1CCCN(CC(=O)NC(C)(C)C)C1. The van der Waals surface area contributed by atoms with Crippen molar-refractivity contribution in [3.63, 3.8) is 0 Å². The van der Waals surface area contributed by atoms with E-state index in [4.69, 9.17) is 0 Å². The lowest BCUT2D eigenvalue weighted by atomic mass is 10.0. The summed E-state index contributed by atoms with van der Waals surface area (Å²) in [6.07, 6.45) is 2.53. The summed E-state index contributed by atoms with van der Waals surface area (Å²) in [5.74, 6) is 0.887. The standard InChI is InChI=1S/C12H24N2O/c1-10-6-5-7-14(8-10)9-11(15)13-12(2,3)4/h10H,5-9H2,1-4H3,(H,13,15). The van der Waals surface area contributed by atoms with Crippen LogP contribution in [0.5, 0.6) is 0 Å². The fraction of sp³-hybridized carbons (Fsp3) is 0.917. The van der Waals surface area contributed by atoms with Gasteiger partial charge in [0.2, 0.25) is 5.91 Å². The molecule has 1 unspecified atom stereocenters. The summed E-state index contributed by atoms with van der Waals surface area (Å²) >= 11 is 0. The molecule has 1 aliphatic heterocycles. The first-order chi connectivity index (χ1) is 6.87. The van der Waals surface area contributed by atoms with Gasteiger partial charge in [0.15, 0.2) is 0 Å². The summed E-state index contributed by atoms with van der Waals surface area (Å²) in [4.78, 5) is 13.9. The lowest BCUT2D eigenvalue weighted by molar-refractivity contribution is -0.124. The van der Waals surface area contributed by atoms with Gasteiger partial charge in [-0.2, -0.15) is 0 Å². The van der Waals surface area contributed by atoms with Crippen LogP contribution in [0.25, 0.3) is 0 Å². The van der Waals surface area contributed by atoms with Gasteiger partial charge < -0.3 is 5.32 Å². The monoisotopic (exact) mass is 212 g/mol. The van der Waals surface area contributed by atoms with Crippen LogP contribution in [0, 0.1) is 5.92 Å². The van der Waals surface area contributed by atoms with E-state index in [0.29, 0.717) is 6.54 Å². The number of hydrogen-bond acceptors (Lipinski definition) is 2. The number of nitrogens with one attached hydrogen (secondary N) is 1. The molecule has 88 valence electrons. The molecule has 0 saturated carbocycles. The van der Waals surface area contributed by atoms with Crippen molar-refractivity contribution in [1.82, 2.24) is 10.2 Å². The van der Waals surface area contributed by atoms with E-state index < -0.39 is 0 Å². The number of nitrogens with zero attached hydrogens (tertiary/aromatic N) is 1. The molecule has 1 heterocycles. The van der Waals surface area contributed by atoms with E-state index in [-0.39, 0.29) is 11.4 Å². The van der Waals surface area contributed by atoms with Crippen LogP contribution in [-0.4, -0.2) is 36.0 Å². The maximum absolute atomic E-state index is 11.7. The summed E-state index contributed by atoms with van der Waals surface area (Å²) < 4.78 is 0. The lowest BCUT2D eigenvalue weighted by Gasteiger charge is -2.31. The molecule has 0 bridgehead atoms. The Morgan fingerprint density at radius 2 is 2.13 bits per heavy atom. The quantitative estimate of drug-likeness (QED) is 0.754. The number of carbonyl (C=O) groups excluding carboxylic acids is 1. The molecule has 1 atom stereocenters. The van der Waals surface area contributed by atoms with Crippen molar-refractivity contribution in [2.24, 2.45) is 5.92 Å². The first kappa shape index (κ1) is 12.5. The Morgan fingerprint density at radius 3 is 2.67 bits per heavy atom. The summed E-state index contributed by atoms with van der Waals surface area (Å²) in [6, 6.07) is 0. The van der Waals surface area contributed by atoms with E-state index >= 15 is 0 Å². The fourth-order valence-electron chi connectivity index (χ4n) is 2.09. The molecular formula is C12H24N2O. The normalized spacial score (nSPS) is 23.9. The third kappa shape index (κ3) is 5.17. The Kier molecular flexibility index (Phi) is 4.14. The van der Waals surface area contributed by atoms with E-state index in [2.05, 4.69) is 17.1 Å². The summed E-state index contributed by atoms with van der Waals surface area (Å²) in [7, 11) is 0. The Labute approximate surface area is 93.2 Å². The van der Waals surface area contributed by atoms with Gasteiger partial charge in [-0.25, -0.2) is 0 Å². The highest BCUT2D eigenvalue weighted by atomic mass is 16.2. The third-order valence-electron chi connectivity index (χ3n) is 2.62. The predicted molar refractivity (Wildman–Crippen MR) is 62.7 cm³/mol. The highest BCUT2D eigenvalue weighted by Crippen LogP contribution is 2.14. The maximum atomic E-state index is 11.7. The molecule has 3 heteroatoms. The molecule has 0 aromatic rings. The van der Waals surface area contributed by atoms with Crippen LogP contribution < -0.4 is 5.32 Å². The molecule has 1 fully saturated rings. The van der Waals surface area contributed by atoms with Crippen molar-refractivity contribution >= 4 is 5.91 Å². The Bertz CT molecular complexity index is 220. The van der Waals surface area contributed by atoms with Gasteiger partial charge in [-0.1, -0.05) is 6.92 Å². The van der Waals surface area contributed by atoms with Gasteiger partial charge in [0.1, 0.15) is 0 Å². The van der Waals surface area contributed by atoms with E-state index in [1.165, 1.54) is 12.8 Å². The minimum Gasteiger partial charge on any atom is -0.350 e. The summed E-state index contributed by atoms with van der Waals surface area (Å²) in [5, 5.41) is 3.00. The first-order valence-corrected chi connectivity index (χ1v) is 5.90. The van der Waals surface area contributed by atoms with Crippen molar-refractivity contribution in [3.05, 3.63) is 0 Å². The minimum atomic E-state index is -0.113. The van der Waals surface area contributed by atoms with Gasteiger partial charge in [0.05, 0.1) is 6.54 Å². The van der Waals surface area contributed by atoms with Gasteiger partial charge in [0.25, 0.3) is 0 Å².